The Morgan fingerprint density at radius 1 is 1.11 bits per heavy atom. The molecule has 8 nitrogen and oxygen atoms in total. The quantitative estimate of drug-likeness (QED) is 0.669. The summed E-state index contributed by atoms with van der Waals surface area (Å²) >= 11 is 0. The van der Waals surface area contributed by atoms with Crippen LogP contribution in [0.15, 0.2) is 36.4 Å². The fraction of sp³-hybridized carbons (Fsp3) is 0.263. The summed E-state index contributed by atoms with van der Waals surface area (Å²) in [5.41, 5.74) is 6.76. The standard InChI is InChI=1S/C19H20N4O4.ClH/c1-24-16-7-12-13(8-17(16)25-2)22-19(23-18(12)20)21-9-11-10-26-14-5-3-4-6-15(14)27-11;/h3-8,11H,9-10H2,1-2H3,(H3,20,21,22,23);1H. The number of benzene rings is 2. The van der Waals surface area contributed by atoms with Crippen molar-refractivity contribution >= 4 is 35.1 Å². The molecule has 0 bridgehead atoms. The molecule has 1 aliphatic rings. The molecule has 9 heteroatoms. The molecule has 1 aliphatic heterocycles. The number of ether oxygens (including phenoxy) is 4. The first kappa shape index (κ1) is 19.6. The van der Waals surface area contributed by atoms with Crippen molar-refractivity contribution in [2.24, 2.45) is 0 Å². The van der Waals surface area contributed by atoms with Crippen LogP contribution in [0.1, 0.15) is 0 Å². The topological polar surface area (TPSA) is 101 Å². The third-order valence-corrected chi connectivity index (χ3v) is 4.29. The molecule has 0 saturated carbocycles. The lowest BCUT2D eigenvalue weighted by molar-refractivity contribution is 0.0996. The number of halogens is 1. The molecule has 1 aromatic heterocycles. The lowest BCUT2D eigenvalue weighted by Gasteiger charge is -2.26. The van der Waals surface area contributed by atoms with Crippen LogP contribution in [0.3, 0.4) is 0 Å². The van der Waals surface area contributed by atoms with Crippen molar-refractivity contribution in [3.8, 4) is 23.0 Å². The third kappa shape index (κ3) is 3.77. The second-order valence-electron chi connectivity index (χ2n) is 6.04. The molecule has 0 fully saturated rings. The Balaban J connectivity index is 0.00000225. The Hall–Kier alpha value is -3.13. The zero-order valence-corrected chi connectivity index (χ0v) is 16.3. The molecule has 0 spiro atoms. The molecule has 148 valence electrons. The van der Waals surface area contributed by atoms with E-state index in [1.54, 1.807) is 26.4 Å². The molecule has 3 N–H and O–H groups in total. The predicted octanol–water partition coefficient (Wildman–Crippen LogP) is 2.90. The lowest BCUT2D eigenvalue weighted by Crippen LogP contribution is -2.35. The van der Waals surface area contributed by atoms with Gasteiger partial charge in [-0.15, -0.1) is 12.4 Å². The number of nitrogen functional groups attached to an aromatic ring is 1. The highest BCUT2D eigenvalue weighted by atomic mass is 35.5. The second-order valence-corrected chi connectivity index (χ2v) is 6.04. The minimum absolute atomic E-state index is 0. The van der Waals surface area contributed by atoms with Gasteiger partial charge in [-0.25, -0.2) is 4.98 Å². The van der Waals surface area contributed by atoms with E-state index in [9.17, 15) is 0 Å². The Kier molecular flexibility index (Phi) is 5.79. The van der Waals surface area contributed by atoms with Crippen LogP contribution < -0.4 is 30.0 Å². The first-order chi connectivity index (χ1) is 13.2. The average molecular weight is 405 g/mol. The maximum Gasteiger partial charge on any atom is 0.225 e. The van der Waals surface area contributed by atoms with Gasteiger partial charge >= 0.3 is 0 Å². The minimum atomic E-state index is -0.161. The van der Waals surface area contributed by atoms with Crippen molar-refractivity contribution in [3.63, 3.8) is 0 Å². The first-order valence-corrected chi connectivity index (χ1v) is 8.49. The molecule has 4 rings (SSSR count). The highest BCUT2D eigenvalue weighted by Crippen LogP contribution is 2.34. The summed E-state index contributed by atoms with van der Waals surface area (Å²) in [5, 5.41) is 3.86. The van der Waals surface area contributed by atoms with Crippen LogP contribution in [0.25, 0.3) is 10.9 Å². The van der Waals surface area contributed by atoms with E-state index < -0.39 is 0 Å². The molecule has 2 heterocycles. The number of rotatable bonds is 5. The van der Waals surface area contributed by atoms with Gasteiger partial charge in [0.1, 0.15) is 18.5 Å². The second kappa shape index (κ2) is 8.26. The summed E-state index contributed by atoms with van der Waals surface area (Å²) in [6.07, 6.45) is -0.161. The molecule has 0 saturated heterocycles. The number of aromatic nitrogens is 2. The van der Waals surface area contributed by atoms with Crippen LogP contribution in [0.5, 0.6) is 23.0 Å². The Labute approximate surface area is 168 Å². The normalized spacial score (nSPS) is 14.9. The van der Waals surface area contributed by atoms with Crippen LogP contribution in [0, 0.1) is 0 Å². The van der Waals surface area contributed by atoms with Crippen LogP contribution in [-0.2, 0) is 0 Å². The maximum absolute atomic E-state index is 6.10. The average Bonchev–Trinajstić information content (AvgIpc) is 2.71. The van der Waals surface area contributed by atoms with Gasteiger partial charge in [0.15, 0.2) is 23.0 Å². The lowest BCUT2D eigenvalue weighted by atomic mass is 10.2. The number of methoxy groups -OCH3 is 2. The number of hydrogen-bond acceptors (Lipinski definition) is 8. The fourth-order valence-corrected chi connectivity index (χ4v) is 2.93. The van der Waals surface area contributed by atoms with Crippen molar-refractivity contribution in [2.75, 3.05) is 38.4 Å². The zero-order valence-electron chi connectivity index (χ0n) is 15.5. The van der Waals surface area contributed by atoms with Crippen molar-refractivity contribution in [2.45, 2.75) is 6.10 Å². The summed E-state index contributed by atoms with van der Waals surface area (Å²) in [5.74, 6) is 3.40. The van der Waals surface area contributed by atoms with Crippen molar-refractivity contribution in [1.82, 2.24) is 9.97 Å². The summed E-state index contributed by atoms with van der Waals surface area (Å²) in [6, 6.07) is 11.1. The number of anilines is 2. The Morgan fingerprint density at radius 3 is 2.57 bits per heavy atom. The first-order valence-electron chi connectivity index (χ1n) is 8.49. The highest BCUT2D eigenvalue weighted by Gasteiger charge is 2.21. The minimum Gasteiger partial charge on any atom is -0.493 e. The van der Waals surface area contributed by atoms with Gasteiger partial charge in [0, 0.05) is 11.5 Å². The van der Waals surface area contributed by atoms with E-state index in [1.807, 2.05) is 24.3 Å². The van der Waals surface area contributed by atoms with Gasteiger partial charge in [-0.05, 0) is 18.2 Å². The zero-order chi connectivity index (χ0) is 18.8. The fourth-order valence-electron chi connectivity index (χ4n) is 2.93. The van der Waals surface area contributed by atoms with E-state index in [0.29, 0.717) is 47.3 Å². The van der Waals surface area contributed by atoms with Gasteiger partial charge < -0.3 is 30.0 Å². The van der Waals surface area contributed by atoms with Crippen LogP contribution >= 0.6 is 12.4 Å². The number of hydrogen-bond donors (Lipinski definition) is 2. The molecule has 0 aliphatic carbocycles. The van der Waals surface area contributed by atoms with E-state index in [4.69, 9.17) is 24.7 Å². The number of nitrogens with one attached hydrogen (secondary N) is 1. The van der Waals surface area contributed by atoms with Crippen LogP contribution in [0.4, 0.5) is 11.8 Å². The van der Waals surface area contributed by atoms with Crippen LogP contribution in [0.2, 0.25) is 0 Å². The van der Waals surface area contributed by atoms with Gasteiger partial charge in [0.2, 0.25) is 5.95 Å². The number of nitrogens with two attached hydrogens (primary N) is 1. The highest BCUT2D eigenvalue weighted by molar-refractivity contribution is 5.91. The molecule has 28 heavy (non-hydrogen) atoms. The van der Waals surface area contributed by atoms with Crippen LogP contribution in [-0.4, -0.2) is 43.4 Å². The Bertz CT molecular complexity index is 986. The molecule has 3 aromatic rings. The molecular weight excluding hydrogens is 384 g/mol. The predicted molar refractivity (Wildman–Crippen MR) is 109 cm³/mol. The van der Waals surface area contributed by atoms with E-state index in [0.717, 1.165) is 11.5 Å². The van der Waals surface area contributed by atoms with E-state index in [2.05, 4.69) is 15.3 Å². The van der Waals surface area contributed by atoms with E-state index >= 15 is 0 Å². The summed E-state index contributed by atoms with van der Waals surface area (Å²) in [4.78, 5) is 8.84. The molecule has 1 atom stereocenters. The summed E-state index contributed by atoms with van der Waals surface area (Å²) in [7, 11) is 3.15. The largest absolute Gasteiger partial charge is 0.493 e. The third-order valence-electron chi connectivity index (χ3n) is 4.29. The molecule has 2 aromatic carbocycles. The summed E-state index contributed by atoms with van der Waals surface area (Å²) < 4.78 is 22.3. The molecular formula is C19H21ClN4O4. The van der Waals surface area contributed by atoms with Gasteiger partial charge in [0.05, 0.1) is 26.3 Å². The van der Waals surface area contributed by atoms with Crippen molar-refractivity contribution < 1.29 is 18.9 Å². The number of nitrogens with zero attached hydrogens (tertiary/aromatic N) is 2. The van der Waals surface area contributed by atoms with Crippen molar-refractivity contribution in [1.29, 1.82) is 0 Å². The smallest absolute Gasteiger partial charge is 0.225 e. The molecule has 1 unspecified atom stereocenters. The van der Waals surface area contributed by atoms with Crippen molar-refractivity contribution in [3.05, 3.63) is 36.4 Å². The number of para-hydroxylation sites is 2. The van der Waals surface area contributed by atoms with E-state index in [-0.39, 0.29) is 18.5 Å². The Morgan fingerprint density at radius 2 is 1.82 bits per heavy atom. The summed E-state index contributed by atoms with van der Waals surface area (Å²) in [6.45, 7) is 0.921. The monoisotopic (exact) mass is 404 g/mol. The SMILES string of the molecule is COc1cc2nc(NCC3COc4ccccc4O3)nc(N)c2cc1OC.Cl. The molecule has 0 radical (unpaired) electrons. The van der Waals surface area contributed by atoms with Gasteiger partial charge in [-0.1, -0.05) is 12.1 Å². The maximum atomic E-state index is 6.10. The van der Waals surface area contributed by atoms with Gasteiger partial charge in [-0.2, -0.15) is 4.98 Å². The van der Waals surface area contributed by atoms with Gasteiger partial charge in [0.25, 0.3) is 0 Å². The number of fused-ring (bicyclic) bond motifs is 2. The van der Waals surface area contributed by atoms with E-state index in [1.165, 1.54) is 0 Å². The van der Waals surface area contributed by atoms with Gasteiger partial charge in [-0.3, -0.25) is 0 Å². The molecule has 0 amide bonds.